The van der Waals surface area contributed by atoms with Crippen molar-refractivity contribution in [1.29, 1.82) is 0 Å². The molecule has 0 saturated carbocycles. The van der Waals surface area contributed by atoms with Crippen molar-refractivity contribution < 1.29 is 14.2 Å². The van der Waals surface area contributed by atoms with E-state index in [4.69, 9.17) is 14.2 Å². The fraction of sp³-hybridized carbons (Fsp3) is 0.481. The summed E-state index contributed by atoms with van der Waals surface area (Å²) in [6.07, 6.45) is 3.25. The molecule has 3 heterocycles. The van der Waals surface area contributed by atoms with Crippen LogP contribution in [0.15, 0.2) is 48.5 Å². The van der Waals surface area contributed by atoms with Gasteiger partial charge in [-0.25, -0.2) is 0 Å². The second-order valence-electron chi connectivity index (χ2n) is 9.19. The van der Waals surface area contributed by atoms with Gasteiger partial charge in [-0.1, -0.05) is 18.2 Å². The minimum Gasteiger partial charge on any atom is -0.497 e. The second-order valence-corrected chi connectivity index (χ2v) is 9.19. The lowest BCUT2D eigenvalue weighted by Gasteiger charge is -2.45. The number of hydrogen-bond acceptors (Lipinski definition) is 5. The number of aromatic amines is 1. The summed E-state index contributed by atoms with van der Waals surface area (Å²) in [4.78, 5) is 9.11. The Balaban J connectivity index is 1.39. The summed E-state index contributed by atoms with van der Waals surface area (Å²) in [6.45, 7) is 6.69. The Morgan fingerprint density at radius 2 is 1.85 bits per heavy atom. The van der Waals surface area contributed by atoms with Gasteiger partial charge in [0.2, 0.25) is 0 Å². The molecule has 6 heteroatoms. The first-order chi connectivity index (χ1) is 16.2. The summed E-state index contributed by atoms with van der Waals surface area (Å²) < 4.78 is 16.9. The molecule has 1 saturated heterocycles. The SMILES string of the molecule is COCCCN1CCc2c([nH]c3ccc(OC)cc23)C12CCN(CCOc1ccccc1)C2. The van der Waals surface area contributed by atoms with Crippen molar-refractivity contribution >= 4 is 10.9 Å². The number of para-hydroxylation sites is 1. The molecule has 33 heavy (non-hydrogen) atoms. The normalized spacial score (nSPS) is 21.0. The van der Waals surface area contributed by atoms with Crippen LogP contribution in [-0.2, 0) is 16.7 Å². The largest absolute Gasteiger partial charge is 0.497 e. The van der Waals surface area contributed by atoms with Gasteiger partial charge in [0.25, 0.3) is 0 Å². The second kappa shape index (κ2) is 9.75. The third kappa shape index (κ3) is 4.35. The Morgan fingerprint density at radius 1 is 0.970 bits per heavy atom. The van der Waals surface area contributed by atoms with Gasteiger partial charge in [-0.3, -0.25) is 9.80 Å². The molecule has 176 valence electrons. The molecule has 1 atom stereocenters. The van der Waals surface area contributed by atoms with Gasteiger partial charge in [-0.2, -0.15) is 0 Å². The first kappa shape index (κ1) is 22.3. The molecular weight excluding hydrogens is 414 g/mol. The summed E-state index contributed by atoms with van der Waals surface area (Å²) >= 11 is 0. The lowest BCUT2D eigenvalue weighted by molar-refractivity contribution is 0.0629. The molecule has 2 aliphatic rings. The van der Waals surface area contributed by atoms with E-state index in [9.17, 15) is 0 Å². The topological polar surface area (TPSA) is 50.0 Å². The molecule has 2 aliphatic heterocycles. The number of likely N-dealkylation sites (tertiary alicyclic amines) is 1. The quantitative estimate of drug-likeness (QED) is 0.500. The summed E-state index contributed by atoms with van der Waals surface area (Å²) in [7, 11) is 3.53. The maximum absolute atomic E-state index is 6.00. The molecule has 1 unspecified atom stereocenters. The number of nitrogens with one attached hydrogen (secondary N) is 1. The van der Waals surface area contributed by atoms with Crippen LogP contribution < -0.4 is 9.47 Å². The number of aromatic nitrogens is 1. The van der Waals surface area contributed by atoms with Gasteiger partial charge in [0, 0.05) is 63.0 Å². The van der Waals surface area contributed by atoms with Crippen molar-refractivity contribution in [1.82, 2.24) is 14.8 Å². The maximum atomic E-state index is 6.00. The fourth-order valence-corrected chi connectivity index (χ4v) is 5.69. The smallest absolute Gasteiger partial charge is 0.119 e. The molecule has 1 N–H and O–H groups in total. The molecule has 1 aromatic heterocycles. The maximum Gasteiger partial charge on any atom is 0.119 e. The van der Waals surface area contributed by atoms with Crippen molar-refractivity contribution in [3.05, 3.63) is 59.8 Å². The number of fused-ring (bicyclic) bond motifs is 4. The highest BCUT2D eigenvalue weighted by Gasteiger charge is 2.48. The summed E-state index contributed by atoms with van der Waals surface area (Å²) in [5.41, 5.74) is 4.10. The molecule has 6 nitrogen and oxygen atoms in total. The summed E-state index contributed by atoms with van der Waals surface area (Å²) in [6, 6.07) is 16.5. The van der Waals surface area contributed by atoms with Crippen LogP contribution in [0.2, 0.25) is 0 Å². The highest BCUT2D eigenvalue weighted by atomic mass is 16.5. The third-order valence-corrected chi connectivity index (χ3v) is 7.34. The fourth-order valence-electron chi connectivity index (χ4n) is 5.69. The summed E-state index contributed by atoms with van der Waals surface area (Å²) in [5.74, 6) is 1.86. The van der Waals surface area contributed by atoms with Crippen LogP contribution in [0.5, 0.6) is 11.5 Å². The zero-order valence-electron chi connectivity index (χ0n) is 19.8. The van der Waals surface area contributed by atoms with E-state index in [1.165, 1.54) is 22.2 Å². The van der Waals surface area contributed by atoms with E-state index in [2.05, 4.69) is 33.0 Å². The van der Waals surface area contributed by atoms with E-state index < -0.39 is 0 Å². The summed E-state index contributed by atoms with van der Waals surface area (Å²) in [5, 5.41) is 1.31. The van der Waals surface area contributed by atoms with Crippen LogP contribution in [-0.4, -0.2) is 74.9 Å². The zero-order chi connectivity index (χ0) is 22.7. The number of rotatable bonds is 9. The molecule has 0 aliphatic carbocycles. The molecule has 2 aromatic carbocycles. The van der Waals surface area contributed by atoms with Gasteiger partial charge in [-0.05, 0) is 55.2 Å². The number of benzene rings is 2. The number of H-pyrrole nitrogens is 1. The van der Waals surface area contributed by atoms with Crippen LogP contribution in [0.4, 0.5) is 0 Å². The first-order valence-corrected chi connectivity index (χ1v) is 12.1. The molecule has 0 radical (unpaired) electrons. The van der Waals surface area contributed by atoms with Crippen LogP contribution in [0.1, 0.15) is 24.1 Å². The molecule has 3 aromatic rings. The molecule has 5 rings (SSSR count). The Labute approximate surface area is 196 Å². The van der Waals surface area contributed by atoms with Gasteiger partial charge < -0.3 is 19.2 Å². The van der Waals surface area contributed by atoms with Crippen LogP contribution in [0.25, 0.3) is 10.9 Å². The minimum atomic E-state index is 0.0142. The average Bonchev–Trinajstić information content (AvgIpc) is 3.44. The molecular formula is C27H35N3O3. The van der Waals surface area contributed by atoms with Gasteiger partial charge in [-0.15, -0.1) is 0 Å². The van der Waals surface area contributed by atoms with E-state index >= 15 is 0 Å². The van der Waals surface area contributed by atoms with Gasteiger partial charge in [0.1, 0.15) is 18.1 Å². The standard InChI is InChI=1S/C27H35N3O3/c1-31-17-6-13-30-14-11-23-24-19-22(32-2)9-10-25(24)28-26(23)27(30)12-15-29(20-27)16-18-33-21-7-4-3-5-8-21/h3-5,7-10,19,28H,6,11-18,20H2,1-2H3. The van der Waals surface area contributed by atoms with E-state index in [1.807, 2.05) is 30.3 Å². The highest BCUT2D eigenvalue weighted by molar-refractivity contribution is 5.87. The predicted molar refractivity (Wildman–Crippen MR) is 131 cm³/mol. The third-order valence-electron chi connectivity index (χ3n) is 7.34. The lowest BCUT2D eigenvalue weighted by atomic mass is 9.83. The van der Waals surface area contributed by atoms with Gasteiger partial charge in [0.15, 0.2) is 0 Å². The van der Waals surface area contributed by atoms with Crippen LogP contribution >= 0.6 is 0 Å². The Kier molecular flexibility index (Phi) is 6.58. The number of methoxy groups -OCH3 is 2. The zero-order valence-corrected chi connectivity index (χ0v) is 19.8. The van der Waals surface area contributed by atoms with E-state index in [0.29, 0.717) is 6.61 Å². The van der Waals surface area contributed by atoms with Crippen molar-refractivity contribution in [2.45, 2.75) is 24.8 Å². The van der Waals surface area contributed by atoms with E-state index in [-0.39, 0.29) is 5.54 Å². The van der Waals surface area contributed by atoms with Gasteiger partial charge >= 0.3 is 0 Å². The van der Waals surface area contributed by atoms with E-state index in [1.54, 1.807) is 14.2 Å². The molecule has 1 fully saturated rings. The molecule has 1 spiro atoms. The minimum absolute atomic E-state index is 0.0142. The van der Waals surface area contributed by atoms with Crippen molar-refractivity contribution in [2.75, 3.05) is 60.2 Å². The first-order valence-electron chi connectivity index (χ1n) is 12.1. The van der Waals surface area contributed by atoms with Gasteiger partial charge in [0.05, 0.1) is 12.6 Å². The van der Waals surface area contributed by atoms with Crippen molar-refractivity contribution in [3.8, 4) is 11.5 Å². The molecule has 0 bridgehead atoms. The van der Waals surface area contributed by atoms with Crippen molar-refractivity contribution in [2.24, 2.45) is 0 Å². The lowest BCUT2D eigenvalue weighted by Crippen LogP contribution is -2.53. The monoisotopic (exact) mass is 449 g/mol. The van der Waals surface area contributed by atoms with Crippen LogP contribution in [0, 0.1) is 0 Å². The van der Waals surface area contributed by atoms with Crippen molar-refractivity contribution in [3.63, 3.8) is 0 Å². The number of nitrogens with zero attached hydrogens (tertiary/aromatic N) is 2. The Hall–Kier alpha value is -2.54. The number of hydrogen-bond donors (Lipinski definition) is 1. The Bertz CT molecular complexity index is 1070. The predicted octanol–water partition coefficient (Wildman–Crippen LogP) is 4.05. The number of ether oxygens (including phenoxy) is 3. The average molecular weight is 450 g/mol. The Morgan fingerprint density at radius 3 is 2.67 bits per heavy atom. The van der Waals surface area contributed by atoms with Crippen LogP contribution in [0.3, 0.4) is 0 Å². The molecule has 0 amide bonds. The highest BCUT2D eigenvalue weighted by Crippen LogP contribution is 2.45. The van der Waals surface area contributed by atoms with E-state index in [0.717, 1.165) is 70.1 Å².